The maximum atomic E-state index is 12.5. The maximum Gasteiger partial charge on any atom is 0.253 e. The molecule has 4 heteroatoms. The molecular weight excluding hydrogens is 298 g/mol. The number of nitrogens with one attached hydrogen (secondary N) is 1. The Labute approximate surface area is 141 Å². The Hall–Kier alpha value is -3.01. The van der Waals surface area contributed by atoms with E-state index in [9.17, 15) is 4.79 Å². The number of aryl methyl sites for hydroxylation is 1. The molecule has 1 unspecified atom stereocenters. The van der Waals surface area contributed by atoms with Crippen molar-refractivity contribution in [3.05, 3.63) is 95.6 Å². The minimum absolute atomic E-state index is 0.147. The Morgan fingerprint density at radius 2 is 1.88 bits per heavy atom. The van der Waals surface area contributed by atoms with Crippen LogP contribution in [0.1, 0.15) is 33.2 Å². The highest BCUT2D eigenvalue weighted by molar-refractivity contribution is 5.94. The number of aromatic nitrogens is 2. The van der Waals surface area contributed by atoms with E-state index in [0.29, 0.717) is 12.0 Å². The van der Waals surface area contributed by atoms with Crippen molar-refractivity contribution in [2.24, 2.45) is 0 Å². The van der Waals surface area contributed by atoms with Crippen molar-refractivity contribution in [2.45, 2.75) is 19.4 Å². The van der Waals surface area contributed by atoms with E-state index in [4.69, 9.17) is 0 Å². The van der Waals surface area contributed by atoms with Crippen LogP contribution in [-0.2, 0) is 6.42 Å². The molecule has 0 aliphatic rings. The van der Waals surface area contributed by atoms with Crippen LogP contribution in [0.3, 0.4) is 0 Å². The largest absolute Gasteiger partial charge is 0.343 e. The van der Waals surface area contributed by atoms with Gasteiger partial charge in [-0.2, -0.15) is 0 Å². The summed E-state index contributed by atoms with van der Waals surface area (Å²) in [5.74, 6) is -0.147. The van der Waals surface area contributed by atoms with Crippen molar-refractivity contribution in [1.82, 2.24) is 15.3 Å². The number of carbonyl (C=O) groups excluding carboxylic acids is 1. The molecule has 0 aliphatic carbocycles. The average molecular weight is 317 g/mol. The second-order valence-electron chi connectivity index (χ2n) is 5.71. The van der Waals surface area contributed by atoms with Crippen LogP contribution >= 0.6 is 0 Å². The summed E-state index contributed by atoms with van der Waals surface area (Å²) in [6.45, 7) is 2.06. The number of hydrogen-bond acceptors (Lipinski definition) is 3. The van der Waals surface area contributed by atoms with Crippen LogP contribution in [0.2, 0.25) is 0 Å². The highest BCUT2D eigenvalue weighted by atomic mass is 16.1. The van der Waals surface area contributed by atoms with Crippen molar-refractivity contribution in [1.29, 1.82) is 0 Å². The topological polar surface area (TPSA) is 54.9 Å². The van der Waals surface area contributed by atoms with Crippen molar-refractivity contribution < 1.29 is 4.79 Å². The Kier molecular flexibility index (Phi) is 4.96. The third kappa shape index (κ3) is 4.04. The summed E-state index contributed by atoms with van der Waals surface area (Å²) in [7, 11) is 0. The number of carbonyl (C=O) groups is 1. The number of amides is 1. The van der Waals surface area contributed by atoms with Crippen LogP contribution < -0.4 is 5.32 Å². The summed E-state index contributed by atoms with van der Waals surface area (Å²) >= 11 is 0. The zero-order chi connectivity index (χ0) is 16.8. The predicted molar refractivity (Wildman–Crippen MR) is 93.6 cm³/mol. The predicted octanol–water partition coefficient (Wildman–Crippen LogP) is 3.50. The number of pyridine rings is 2. The van der Waals surface area contributed by atoms with Gasteiger partial charge in [0.15, 0.2) is 0 Å². The normalized spacial score (nSPS) is 11.7. The number of nitrogens with zero attached hydrogens (tertiary/aromatic N) is 2. The minimum Gasteiger partial charge on any atom is -0.343 e. The SMILES string of the molecule is Cc1ccc(CC(NC(=O)c2cccnc2)c2ccccn2)cc1. The lowest BCUT2D eigenvalue weighted by atomic mass is 10.0. The van der Waals surface area contributed by atoms with Crippen molar-refractivity contribution in [3.63, 3.8) is 0 Å². The molecule has 3 rings (SSSR count). The van der Waals surface area contributed by atoms with Crippen LogP contribution in [0, 0.1) is 6.92 Å². The second kappa shape index (κ2) is 7.51. The Morgan fingerprint density at radius 3 is 2.54 bits per heavy atom. The summed E-state index contributed by atoms with van der Waals surface area (Å²) in [4.78, 5) is 20.9. The van der Waals surface area contributed by atoms with Crippen LogP contribution in [0.5, 0.6) is 0 Å². The third-order valence-electron chi connectivity index (χ3n) is 3.83. The summed E-state index contributed by atoms with van der Waals surface area (Å²) in [6.07, 6.45) is 5.65. The number of rotatable bonds is 5. The fraction of sp³-hybridized carbons (Fsp3) is 0.150. The lowest BCUT2D eigenvalue weighted by molar-refractivity contribution is 0.0935. The van der Waals surface area contributed by atoms with Gasteiger partial charge in [-0.25, -0.2) is 0 Å². The van der Waals surface area contributed by atoms with E-state index in [2.05, 4.69) is 46.5 Å². The smallest absolute Gasteiger partial charge is 0.253 e. The molecule has 0 saturated heterocycles. The Bertz CT molecular complexity index is 786. The highest BCUT2D eigenvalue weighted by Crippen LogP contribution is 2.18. The summed E-state index contributed by atoms with van der Waals surface area (Å²) < 4.78 is 0. The maximum absolute atomic E-state index is 12.5. The second-order valence-corrected chi connectivity index (χ2v) is 5.71. The first-order chi connectivity index (χ1) is 11.7. The Balaban J connectivity index is 1.82. The molecular formula is C20H19N3O. The standard InChI is InChI=1S/C20H19N3O/c1-15-7-9-16(10-8-15)13-19(18-6-2-3-12-22-18)23-20(24)17-5-4-11-21-14-17/h2-12,14,19H,13H2,1H3,(H,23,24). The molecule has 2 heterocycles. The van der Waals surface area contributed by atoms with Crippen LogP contribution in [0.15, 0.2) is 73.2 Å². The number of hydrogen-bond donors (Lipinski definition) is 1. The molecule has 1 N–H and O–H groups in total. The molecule has 0 spiro atoms. The van der Waals surface area contributed by atoms with E-state index in [0.717, 1.165) is 11.3 Å². The van der Waals surface area contributed by atoms with Crippen LogP contribution in [-0.4, -0.2) is 15.9 Å². The zero-order valence-electron chi connectivity index (χ0n) is 13.5. The van der Waals surface area contributed by atoms with Crippen molar-refractivity contribution >= 4 is 5.91 Å². The van der Waals surface area contributed by atoms with Gasteiger partial charge < -0.3 is 5.32 Å². The molecule has 0 aliphatic heterocycles. The molecule has 0 bridgehead atoms. The third-order valence-corrected chi connectivity index (χ3v) is 3.83. The van der Waals surface area contributed by atoms with Gasteiger partial charge in [-0.3, -0.25) is 14.8 Å². The monoisotopic (exact) mass is 317 g/mol. The van der Waals surface area contributed by atoms with E-state index >= 15 is 0 Å². The molecule has 3 aromatic rings. The lowest BCUT2D eigenvalue weighted by Gasteiger charge is -2.18. The van der Waals surface area contributed by atoms with E-state index in [1.54, 1.807) is 30.7 Å². The first-order valence-corrected chi connectivity index (χ1v) is 7.90. The molecule has 0 saturated carbocycles. The lowest BCUT2D eigenvalue weighted by Crippen LogP contribution is -2.30. The van der Waals surface area contributed by atoms with Gasteiger partial charge in [-0.15, -0.1) is 0 Å². The first kappa shape index (κ1) is 15.9. The van der Waals surface area contributed by atoms with Gasteiger partial charge in [0.05, 0.1) is 17.3 Å². The quantitative estimate of drug-likeness (QED) is 0.783. The fourth-order valence-corrected chi connectivity index (χ4v) is 2.51. The van der Waals surface area contributed by atoms with E-state index in [-0.39, 0.29) is 11.9 Å². The molecule has 2 aromatic heterocycles. The molecule has 0 radical (unpaired) electrons. The summed E-state index contributed by atoms with van der Waals surface area (Å²) in [5.41, 5.74) is 3.76. The highest BCUT2D eigenvalue weighted by Gasteiger charge is 2.17. The van der Waals surface area contributed by atoms with Gasteiger partial charge >= 0.3 is 0 Å². The molecule has 1 atom stereocenters. The molecule has 0 fully saturated rings. The van der Waals surface area contributed by atoms with E-state index in [1.165, 1.54) is 5.56 Å². The molecule has 1 amide bonds. The van der Waals surface area contributed by atoms with Crippen molar-refractivity contribution in [3.8, 4) is 0 Å². The molecule has 1 aromatic carbocycles. The van der Waals surface area contributed by atoms with Gasteiger partial charge in [-0.05, 0) is 43.2 Å². The first-order valence-electron chi connectivity index (χ1n) is 7.90. The molecule has 4 nitrogen and oxygen atoms in total. The zero-order valence-corrected chi connectivity index (χ0v) is 13.5. The van der Waals surface area contributed by atoms with Crippen LogP contribution in [0.25, 0.3) is 0 Å². The summed E-state index contributed by atoms with van der Waals surface area (Å²) in [6, 6.07) is 17.4. The number of benzene rings is 1. The van der Waals surface area contributed by atoms with E-state index in [1.807, 2.05) is 18.2 Å². The Morgan fingerprint density at radius 1 is 1.04 bits per heavy atom. The van der Waals surface area contributed by atoms with Gasteiger partial charge in [0.25, 0.3) is 5.91 Å². The van der Waals surface area contributed by atoms with Crippen LogP contribution in [0.4, 0.5) is 0 Å². The van der Waals surface area contributed by atoms with Gasteiger partial charge in [0.1, 0.15) is 0 Å². The fourth-order valence-electron chi connectivity index (χ4n) is 2.51. The van der Waals surface area contributed by atoms with Gasteiger partial charge in [-0.1, -0.05) is 35.9 Å². The van der Waals surface area contributed by atoms with Crippen molar-refractivity contribution in [2.75, 3.05) is 0 Å². The minimum atomic E-state index is -0.193. The van der Waals surface area contributed by atoms with E-state index < -0.39 is 0 Å². The average Bonchev–Trinajstić information content (AvgIpc) is 2.64. The molecule has 24 heavy (non-hydrogen) atoms. The molecule has 120 valence electrons. The summed E-state index contributed by atoms with van der Waals surface area (Å²) in [5, 5.41) is 3.07. The van der Waals surface area contributed by atoms with Gasteiger partial charge in [0, 0.05) is 18.6 Å². The van der Waals surface area contributed by atoms with Gasteiger partial charge in [0.2, 0.25) is 0 Å².